The minimum atomic E-state index is 0.414. The first-order valence-electron chi connectivity index (χ1n) is 21.2. The lowest BCUT2D eigenvalue weighted by atomic mass is 9.83. The number of aryl methyl sites for hydroxylation is 1. The van der Waals surface area contributed by atoms with Crippen LogP contribution >= 0.6 is 0 Å². The number of epoxide rings is 1. The molecule has 0 radical (unpaired) electrons. The largest absolute Gasteiger partial charge is 0.449 e. The lowest BCUT2D eigenvalue weighted by Gasteiger charge is -2.26. The fourth-order valence-electron chi connectivity index (χ4n) is 8.91. The molecule has 60 heavy (non-hydrogen) atoms. The van der Waals surface area contributed by atoms with Crippen LogP contribution in [0.15, 0.2) is 170 Å². The van der Waals surface area contributed by atoms with Crippen molar-refractivity contribution in [2.45, 2.75) is 58.7 Å². The number of anilines is 6. The van der Waals surface area contributed by atoms with Crippen LogP contribution in [0.1, 0.15) is 42.0 Å². The van der Waals surface area contributed by atoms with Crippen LogP contribution in [-0.2, 0) is 34.0 Å². The molecule has 0 amide bonds. The van der Waals surface area contributed by atoms with E-state index in [1.54, 1.807) is 0 Å². The zero-order valence-corrected chi connectivity index (χ0v) is 34.2. The average Bonchev–Trinajstić information content (AvgIpc) is 4.23. The summed E-state index contributed by atoms with van der Waals surface area (Å²) >= 11 is 0. The van der Waals surface area contributed by atoms with Crippen molar-refractivity contribution >= 4 is 34.1 Å². The highest BCUT2D eigenvalue weighted by atomic mass is 16.6. The Morgan fingerprint density at radius 1 is 0.533 bits per heavy atom. The van der Waals surface area contributed by atoms with E-state index in [-0.39, 0.29) is 0 Å². The van der Waals surface area contributed by atoms with Crippen molar-refractivity contribution < 1.29 is 18.9 Å². The molecule has 7 aromatic carbocycles. The monoisotopic (exact) mass is 790 g/mol. The van der Waals surface area contributed by atoms with Crippen LogP contribution in [0.25, 0.3) is 11.1 Å². The standard InChI is InChI=1S/C54H50N2O4/c1-37-29-43(53-51(31-37)59-53)35-57-33-39-13-21-47(22-14-39)55(45-9-5-3-6-10-45)49-25-17-41(18-26-49)42-19-27-50(28-20-42)56(46-11-7-4-8-12-46)48-23-15-40(16-24-48)34-58-36-44-30-38(2)32-52-54(44)60-52/h3-29,31,38,44,52,54H,30,32-36H2,1-2H3. The summed E-state index contributed by atoms with van der Waals surface area (Å²) in [5.41, 5.74) is 13.5. The molecule has 2 fully saturated rings. The van der Waals surface area contributed by atoms with E-state index in [1.807, 2.05) is 0 Å². The van der Waals surface area contributed by atoms with E-state index in [0.717, 1.165) is 80.4 Å². The minimum Gasteiger partial charge on any atom is -0.449 e. The molecule has 0 spiro atoms. The van der Waals surface area contributed by atoms with Gasteiger partial charge in [0, 0.05) is 45.6 Å². The number of hydrogen-bond acceptors (Lipinski definition) is 6. The molecule has 1 saturated heterocycles. The molecule has 2 aliphatic heterocycles. The Hall–Kier alpha value is -6.18. The van der Waals surface area contributed by atoms with Gasteiger partial charge < -0.3 is 28.7 Å². The predicted octanol–water partition coefficient (Wildman–Crippen LogP) is 13.8. The third kappa shape index (κ3) is 8.45. The quantitative estimate of drug-likeness (QED) is 0.0964. The Labute approximate surface area is 353 Å². The van der Waals surface area contributed by atoms with Crippen molar-refractivity contribution in [3.63, 3.8) is 0 Å². The van der Waals surface area contributed by atoms with Gasteiger partial charge in [-0.3, -0.25) is 0 Å². The summed E-state index contributed by atoms with van der Waals surface area (Å²) in [6.45, 7) is 6.86. The second-order valence-electron chi connectivity index (χ2n) is 16.6. The zero-order valence-electron chi connectivity index (χ0n) is 34.2. The molecule has 6 nitrogen and oxygen atoms in total. The summed E-state index contributed by atoms with van der Waals surface area (Å²) in [4.78, 5) is 4.60. The van der Waals surface area contributed by atoms with E-state index in [0.29, 0.717) is 37.9 Å². The van der Waals surface area contributed by atoms with Crippen molar-refractivity contribution in [2.24, 2.45) is 11.8 Å². The summed E-state index contributed by atoms with van der Waals surface area (Å²) < 4.78 is 23.8. The van der Waals surface area contributed by atoms with Crippen LogP contribution < -0.4 is 14.5 Å². The molecule has 0 N–H and O–H groups in total. The summed E-state index contributed by atoms with van der Waals surface area (Å²) in [6, 6.07) is 60.4. The van der Waals surface area contributed by atoms with E-state index in [4.69, 9.17) is 18.9 Å². The van der Waals surface area contributed by atoms with Crippen molar-refractivity contribution in [3.8, 4) is 22.6 Å². The third-order valence-corrected chi connectivity index (χ3v) is 12.0. The van der Waals surface area contributed by atoms with Gasteiger partial charge in [-0.15, -0.1) is 0 Å². The van der Waals surface area contributed by atoms with E-state index < -0.39 is 0 Å². The third-order valence-electron chi connectivity index (χ3n) is 12.0. The zero-order chi connectivity index (χ0) is 40.4. The molecule has 10 rings (SSSR count). The van der Waals surface area contributed by atoms with E-state index in [2.05, 4.69) is 194 Å². The maximum atomic E-state index is 6.23. The Kier molecular flexibility index (Phi) is 10.7. The lowest BCUT2D eigenvalue weighted by Crippen LogP contribution is -2.25. The fraction of sp³-hybridized carbons (Fsp3) is 0.222. The normalized spacial score (nSPS) is 18.5. The molecular weight excluding hydrogens is 741 g/mol. The summed E-state index contributed by atoms with van der Waals surface area (Å²) in [7, 11) is 0. The smallest absolute Gasteiger partial charge is 0.175 e. The Morgan fingerprint density at radius 2 is 1.02 bits per heavy atom. The van der Waals surface area contributed by atoms with Crippen molar-refractivity contribution in [1.82, 2.24) is 0 Å². The van der Waals surface area contributed by atoms with Gasteiger partial charge >= 0.3 is 0 Å². The topological polar surface area (TPSA) is 50.0 Å². The first-order valence-corrected chi connectivity index (χ1v) is 21.2. The number of rotatable bonds is 15. The average molecular weight is 791 g/mol. The highest BCUT2D eigenvalue weighted by Crippen LogP contribution is 2.49. The number of fused-ring (bicyclic) bond motifs is 2. The molecule has 7 aromatic rings. The van der Waals surface area contributed by atoms with Crippen molar-refractivity contribution in [3.05, 3.63) is 192 Å². The van der Waals surface area contributed by atoms with E-state index in [9.17, 15) is 0 Å². The first-order chi connectivity index (χ1) is 29.5. The molecule has 4 atom stereocenters. The van der Waals surface area contributed by atoms with Crippen LogP contribution in [0.5, 0.6) is 11.5 Å². The predicted molar refractivity (Wildman–Crippen MR) is 241 cm³/mol. The van der Waals surface area contributed by atoms with E-state index >= 15 is 0 Å². The summed E-state index contributed by atoms with van der Waals surface area (Å²) in [5.74, 6) is 3.18. The van der Waals surface area contributed by atoms with Crippen LogP contribution in [0.3, 0.4) is 0 Å². The number of para-hydroxylation sites is 2. The van der Waals surface area contributed by atoms with Gasteiger partial charge in [-0.2, -0.15) is 0 Å². The number of nitrogens with zero attached hydrogens (tertiary/aromatic N) is 2. The molecule has 0 aromatic heterocycles. The van der Waals surface area contributed by atoms with Crippen LogP contribution in [0.4, 0.5) is 34.1 Å². The Morgan fingerprint density at radius 3 is 1.55 bits per heavy atom. The minimum absolute atomic E-state index is 0.414. The fourth-order valence-corrected chi connectivity index (χ4v) is 8.91. The Balaban J connectivity index is 0.824. The Bertz CT molecular complexity index is 2520. The first kappa shape index (κ1) is 38.0. The van der Waals surface area contributed by atoms with Gasteiger partial charge in [0.2, 0.25) is 0 Å². The van der Waals surface area contributed by atoms with Gasteiger partial charge in [0.25, 0.3) is 0 Å². The number of hydrogen-bond donors (Lipinski definition) is 0. The van der Waals surface area contributed by atoms with Gasteiger partial charge in [0.05, 0.1) is 38.6 Å². The lowest BCUT2D eigenvalue weighted by molar-refractivity contribution is 0.0664. The second-order valence-corrected chi connectivity index (χ2v) is 16.6. The molecule has 2 heterocycles. The molecule has 300 valence electrons. The molecular formula is C54H50N2O4. The van der Waals surface area contributed by atoms with Crippen LogP contribution in [0.2, 0.25) is 0 Å². The molecule has 4 unspecified atom stereocenters. The van der Waals surface area contributed by atoms with Gasteiger partial charge in [0.1, 0.15) is 0 Å². The van der Waals surface area contributed by atoms with Gasteiger partial charge in [-0.25, -0.2) is 0 Å². The molecule has 1 saturated carbocycles. The van der Waals surface area contributed by atoms with Crippen molar-refractivity contribution in [2.75, 3.05) is 16.4 Å². The second kappa shape index (κ2) is 16.8. The number of ether oxygens (including phenoxy) is 4. The van der Waals surface area contributed by atoms with Crippen LogP contribution in [-0.4, -0.2) is 18.8 Å². The maximum absolute atomic E-state index is 6.23. The van der Waals surface area contributed by atoms with E-state index in [1.165, 1.54) is 24.0 Å². The maximum Gasteiger partial charge on any atom is 0.175 e. The van der Waals surface area contributed by atoms with Gasteiger partial charge in [-0.1, -0.05) is 91.9 Å². The molecule has 1 aliphatic carbocycles. The molecule has 0 bridgehead atoms. The number of benzene rings is 7. The summed E-state index contributed by atoms with van der Waals surface area (Å²) in [6.07, 6.45) is 3.28. The van der Waals surface area contributed by atoms with Crippen LogP contribution in [0, 0.1) is 18.8 Å². The van der Waals surface area contributed by atoms with Gasteiger partial charge in [-0.05, 0) is 138 Å². The molecule has 6 heteroatoms. The van der Waals surface area contributed by atoms with Gasteiger partial charge in [0.15, 0.2) is 11.5 Å². The molecule has 3 aliphatic rings. The highest BCUT2D eigenvalue weighted by molar-refractivity contribution is 5.80. The highest BCUT2D eigenvalue weighted by Gasteiger charge is 2.49. The SMILES string of the molecule is Cc1cc(COCc2ccc(N(c3ccccc3)c3ccc(-c4ccc(N(c5ccccc5)c5ccc(COCC6CC(C)CC7OC67)cc5)cc4)cc3)cc2)c2c(c1)O2. The summed E-state index contributed by atoms with van der Waals surface area (Å²) in [5, 5.41) is 0. The van der Waals surface area contributed by atoms with Crippen molar-refractivity contribution in [1.29, 1.82) is 0 Å².